The first-order valence-electron chi connectivity index (χ1n) is 5.48. The van der Waals surface area contributed by atoms with Crippen LogP contribution in [0, 0.1) is 0 Å². The lowest BCUT2D eigenvalue weighted by Gasteiger charge is -2.26. The van der Waals surface area contributed by atoms with Crippen molar-refractivity contribution in [1.29, 1.82) is 0 Å². The molecule has 1 aromatic carbocycles. The van der Waals surface area contributed by atoms with Crippen molar-refractivity contribution in [3.8, 4) is 11.5 Å². The van der Waals surface area contributed by atoms with E-state index in [9.17, 15) is 0 Å². The molecule has 0 spiro atoms. The Kier molecular flexibility index (Phi) is 4.25. The minimum atomic E-state index is 0.153. The zero-order valence-corrected chi connectivity index (χ0v) is 11.5. The van der Waals surface area contributed by atoms with Crippen molar-refractivity contribution in [2.45, 2.75) is 6.04 Å². The van der Waals surface area contributed by atoms with Crippen LogP contribution >= 0.6 is 15.9 Å². The van der Waals surface area contributed by atoms with E-state index in [1.54, 1.807) is 14.2 Å². The van der Waals surface area contributed by atoms with Crippen molar-refractivity contribution in [2.24, 2.45) is 0 Å². The van der Waals surface area contributed by atoms with E-state index < -0.39 is 0 Å². The van der Waals surface area contributed by atoms with Gasteiger partial charge in [0.2, 0.25) is 0 Å². The summed E-state index contributed by atoms with van der Waals surface area (Å²) >= 11 is 3.45. The van der Waals surface area contributed by atoms with E-state index in [1.165, 1.54) is 0 Å². The Morgan fingerprint density at radius 3 is 2.65 bits per heavy atom. The van der Waals surface area contributed by atoms with Crippen molar-refractivity contribution in [3.05, 3.63) is 22.2 Å². The molecule has 1 fully saturated rings. The maximum Gasteiger partial charge on any atom is 0.133 e. The van der Waals surface area contributed by atoms with Crippen LogP contribution in [0.1, 0.15) is 11.6 Å². The zero-order chi connectivity index (χ0) is 12.3. The summed E-state index contributed by atoms with van der Waals surface area (Å²) in [5, 5.41) is 3.41. The predicted octanol–water partition coefficient (Wildman–Crippen LogP) is 2.13. The highest BCUT2D eigenvalue weighted by Crippen LogP contribution is 2.36. The van der Waals surface area contributed by atoms with Gasteiger partial charge in [0.15, 0.2) is 0 Å². The summed E-state index contributed by atoms with van der Waals surface area (Å²) in [6.07, 6.45) is 0. The zero-order valence-electron chi connectivity index (χ0n) is 9.96. The number of benzene rings is 1. The average Bonchev–Trinajstić information content (AvgIpc) is 2.39. The van der Waals surface area contributed by atoms with E-state index in [1.807, 2.05) is 12.1 Å². The molecule has 0 saturated carbocycles. The summed E-state index contributed by atoms with van der Waals surface area (Å²) in [5.74, 6) is 1.63. The van der Waals surface area contributed by atoms with Crippen LogP contribution < -0.4 is 14.8 Å². The first-order valence-corrected chi connectivity index (χ1v) is 6.28. The van der Waals surface area contributed by atoms with Crippen molar-refractivity contribution in [1.82, 2.24) is 5.32 Å². The first-order chi connectivity index (χ1) is 8.26. The molecule has 17 heavy (non-hydrogen) atoms. The Hall–Kier alpha value is -0.780. The highest BCUT2D eigenvalue weighted by molar-refractivity contribution is 9.10. The standard InChI is InChI=1S/C12H16BrNO3/c1-15-11-6-9(13)12(16-2)5-8(11)10-7-17-4-3-14-10/h5-6,10,14H,3-4,7H2,1-2H3/t10-/m1/s1. The second-order valence-electron chi connectivity index (χ2n) is 3.81. The van der Waals surface area contributed by atoms with Crippen molar-refractivity contribution in [2.75, 3.05) is 34.0 Å². The first kappa shape index (κ1) is 12.7. The molecule has 0 aliphatic carbocycles. The summed E-state index contributed by atoms with van der Waals surface area (Å²) < 4.78 is 17.1. The van der Waals surface area contributed by atoms with E-state index in [-0.39, 0.29) is 6.04 Å². The van der Waals surface area contributed by atoms with E-state index in [4.69, 9.17) is 14.2 Å². The maximum atomic E-state index is 5.47. The molecule has 2 rings (SSSR count). The van der Waals surface area contributed by atoms with Gasteiger partial charge in [-0.2, -0.15) is 0 Å². The quantitative estimate of drug-likeness (QED) is 0.928. The Morgan fingerprint density at radius 1 is 1.29 bits per heavy atom. The van der Waals surface area contributed by atoms with Gasteiger partial charge in [-0.05, 0) is 28.1 Å². The number of hydrogen-bond acceptors (Lipinski definition) is 4. The highest BCUT2D eigenvalue weighted by Gasteiger charge is 2.21. The number of rotatable bonds is 3. The molecule has 1 heterocycles. The third kappa shape index (κ3) is 2.73. The third-order valence-corrected chi connectivity index (χ3v) is 3.42. The van der Waals surface area contributed by atoms with E-state index >= 15 is 0 Å². The topological polar surface area (TPSA) is 39.7 Å². The smallest absolute Gasteiger partial charge is 0.133 e. The second kappa shape index (κ2) is 5.71. The van der Waals surface area contributed by atoms with Gasteiger partial charge in [0.05, 0.1) is 37.9 Å². The van der Waals surface area contributed by atoms with Crippen molar-refractivity contribution in [3.63, 3.8) is 0 Å². The monoisotopic (exact) mass is 301 g/mol. The summed E-state index contributed by atoms with van der Waals surface area (Å²) in [6, 6.07) is 4.06. The average molecular weight is 302 g/mol. The number of ether oxygens (including phenoxy) is 3. The molecule has 0 radical (unpaired) electrons. The molecular formula is C12H16BrNO3. The van der Waals surface area contributed by atoms with Crippen LogP contribution in [-0.4, -0.2) is 34.0 Å². The van der Waals surface area contributed by atoms with Crippen LogP contribution in [0.2, 0.25) is 0 Å². The summed E-state index contributed by atoms with van der Waals surface area (Å²) in [4.78, 5) is 0. The number of hydrogen-bond donors (Lipinski definition) is 1. The van der Waals surface area contributed by atoms with Crippen LogP contribution in [0.25, 0.3) is 0 Å². The van der Waals surface area contributed by atoms with Gasteiger partial charge in [-0.25, -0.2) is 0 Å². The molecule has 1 N–H and O–H groups in total. The molecule has 1 aromatic rings. The molecule has 94 valence electrons. The molecule has 1 atom stereocenters. The van der Waals surface area contributed by atoms with Gasteiger partial charge in [-0.15, -0.1) is 0 Å². The Labute approximate surface area is 109 Å². The molecule has 1 saturated heterocycles. The second-order valence-corrected chi connectivity index (χ2v) is 4.66. The normalized spacial score (nSPS) is 20.1. The molecule has 1 aliphatic heterocycles. The number of nitrogens with one attached hydrogen (secondary N) is 1. The minimum absolute atomic E-state index is 0.153. The molecule has 5 heteroatoms. The van der Waals surface area contributed by atoms with Gasteiger partial charge in [0.1, 0.15) is 11.5 Å². The van der Waals surface area contributed by atoms with Crippen LogP contribution in [0.4, 0.5) is 0 Å². The van der Waals surface area contributed by atoms with Crippen molar-refractivity contribution < 1.29 is 14.2 Å². The van der Waals surface area contributed by atoms with Crippen LogP contribution in [0.15, 0.2) is 16.6 Å². The number of morpholine rings is 1. The Bertz CT molecular complexity index is 392. The van der Waals surface area contributed by atoms with E-state index in [0.717, 1.165) is 34.7 Å². The van der Waals surface area contributed by atoms with E-state index in [0.29, 0.717) is 6.61 Å². The fraction of sp³-hybridized carbons (Fsp3) is 0.500. The summed E-state index contributed by atoms with van der Waals surface area (Å²) in [7, 11) is 3.32. The molecule has 0 bridgehead atoms. The SMILES string of the molecule is COc1cc([C@H]2COCCN2)c(OC)cc1Br. The van der Waals surface area contributed by atoms with E-state index in [2.05, 4.69) is 21.2 Å². The Balaban J connectivity index is 2.35. The molecule has 4 nitrogen and oxygen atoms in total. The lowest BCUT2D eigenvalue weighted by atomic mass is 10.1. The molecule has 1 aliphatic rings. The third-order valence-electron chi connectivity index (χ3n) is 2.80. The summed E-state index contributed by atoms with van der Waals surface area (Å²) in [5.41, 5.74) is 1.06. The van der Waals surface area contributed by atoms with Gasteiger partial charge < -0.3 is 19.5 Å². The lowest BCUT2D eigenvalue weighted by molar-refractivity contribution is 0.0760. The molecule has 0 unspecified atom stereocenters. The minimum Gasteiger partial charge on any atom is -0.496 e. The Morgan fingerprint density at radius 2 is 2.06 bits per heavy atom. The fourth-order valence-corrected chi connectivity index (χ4v) is 2.41. The van der Waals surface area contributed by atoms with Crippen LogP contribution in [0.3, 0.4) is 0 Å². The lowest BCUT2D eigenvalue weighted by Crippen LogP contribution is -2.34. The number of methoxy groups -OCH3 is 2. The molecule has 0 aromatic heterocycles. The van der Waals surface area contributed by atoms with Gasteiger partial charge in [0, 0.05) is 12.1 Å². The predicted molar refractivity (Wildman–Crippen MR) is 68.8 cm³/mol. The van der Waals surface area contributed by atoms with Crippen molar-refractivity contribution >= 4 is 15.9 Å². The van der Waals surface area contributed by atoms with Gasteiger partial charge >= 0.3 is 0 Å². The largest absolute Gasteiger partial charge is 0.496 e. The van der Waals surface area contributed by atoms with Gasteiger partial charge in [0.25, 0.3) is 0 Å². The maximum absolute atomic E-state index is 5.47. The number of halogens is 1. The highest BCUT2D eigenvalue weighted by atomic mass is 79.9. The molecular weight excluding hydrogens is 286 g/mol. The van der Waals surface area contributed by atoms with Crippen LogP contribution in [0.5, 0.6) is 11.5 Å². The molecule has 0 amide bonds. The van der Waals surface area contributed by atoms with Gasteiger partial charge in [-0.3, -0.25) is 0 Å². The fourth-order valence-electron chi connectivity index (χ4n) is 1.92. The van der Waals surface area contributed by atoms with Gasteiger partial charge in [-0.1, -0.05) is 0 Å². The summed E-state index contributed by atoms with van der Waals surface area (Å²) in [6.45, 7) is 2.26. The van der Waals surface area contributed by atoms with Crippen LogP contribution in [-0.2, 0) is 4.74 Å².